The van der Waals surface area contributed by atoms with Crippen LogP contribution in [0, 0.1) is 0 Å². The number of nitrogens with zero attached hydrogens (tertiary/aromatic N) is 1. The molecule has 0 saturated carbocycles. The van der Waals surface area contributed by atoms with E-state index in [9.17, 15) is 13.2 Å². The minimum atomic E-state index is -3.60. The zero-order valence-electron chi connectivity index (χ0n) is 9.17. The van der Waals surface area contributed by atoms with Gasteiger partial charge in [0, 0.05) is 26.0 Å². The molecule has 16 heavy (non-hydrogen) atoms. The molecule has 0 radical (unpaired) electrons. The summed E-state index contributed by atoms with van der Waals surface area (Å²) < 4.78 is 23.5. The number of nitrogens with one attached hydrogen (secondary N) is 1. The minimum absolute atomic E-state index is 0.00651. The Morgan fingerprint density at radius 1 is 1.62 bits per heavy atom. The summed E-state index contributed by atoms with van der Waals surface area (Å²) in [4.78, 5) is 11.5. The number of hydrogen-bond donors (Lipinski definition) is 2. The van der Waals surface area contributed by atoms with E-state index in [0.717, 1.165) is 0 Å². The van der Waals surface area contributed by atoms with Gasteiger partial charge in [0.1, 0.15) is 0 Å². The first kappa shape index (κ1) is 12.7. The first-order valence-corrected chi connectivity index (χ1v) is 6.33. The lowest BCUT2D eigenvalue weighted by Crippen LogP contribution is -2.37. The number of primary sulfonamides is 1. The van der Waals surface area contributed by atoms with Crippen LogP contribution in [0.15, 0.2) is 18.5 Å². The lowest BCUT2D eigenvalue weighted by atomic mass is 10.3. The van der Waals surface area contributed by atoms with Gasteiger partial charge in [-0.3, -0.25) is 4.79 Å². The van der Waals surface area contributed by atoms with Crippen LogP contribution in [-0.2, 0) is 17.1 Å². The Labute approximate surface area is 94.5 Å². The van der Waals surface area contributed by atoms with Gasteiger partial charge in [-0.15, -0.1) is 0 Å². The molecule has 0 saturated heterocycles. The SMILES string of the molecule is CC(CNC(=O)c1ccn(C)c1)S(N)(=O)=O. The Balaban J connectivity index is 2.54. The van der Waals surface area contributed by atoms with Crippen LogP contribution in [0.25, 0.3) is 0 Å². The molecule has 0 fully saturated rings. The summed E-state index contributed by atoms with van der Waals surface area (Å²) in [6.07, 6.45) is 3.38. The molecular formula is C9H15N3O3S. The summed E-state index contributed by atoms with van der Waals surface area (Å²) in [7, 11) is -1.80. The highest BCUT2D eigenvalue weighted by Gasteiger charge is 2.16. The Hall–Kier alpha value is -1.34. The first-order chi connectivity index (χ1) is 7.30. The van der Waals surface area contributed by atoms with Gasteiger partial charge in [0.25, 0.3) is 5.91 Å². The molecule has 0 aromatic carbocycles. The van der Waals surface area contributed by atoms with E-state index in [4.69, 9.17) is 5.14 Å². The van der Waals surface area contributed by atoms with Gasteiger partial charge in [0.2, 0.25) is 10.0 Å². The van der Waals surface area contributed by atoms with Gasteiger partial charge in [0.15, 0.2) is 0 Å². The molecule has 1 heterocycles. The van der Waals surface area contributed by atoms with Crippen LogP contribution in [-0.4, -0.2) is 30.7 Å². The predicted molar refractivity (Wildman–Crippen MR) is 60.3 cm³/mol. The molecular weight excluding hydrogens is 230 g/mol. The maximum Gasteiger partial charge on any atom is 0.252 e. The number of carbonyl (C=O) groups excluding carboxylic acids is 1. The van der Waals surface area contributed by atoms with Gasteiger partial charge < -0.3 is 9.88 Å². The number of carbonyl (C=O) groups is 1. The van der Waals surface area contributed by atoms with E-state index in [1.807, 2.05) is 0 Å². The molecule has 90 valence electrons. The highest BCUT2D eigenvalue weighted by Crippen LogP contribution is 2.00. The van der Waals surface area contributed by atoms with Crippen LogP contribution in [0.3, 0.4) is 0 Å². The zero-order chi connectivity index (χ0) is 12.3. The van der Waals surface area contributed by atoms with E-state index in [2.05, 4.69) is 5.32 Å². The molecule has 1 amide bonds. The maximum absolute atomic E-state index is 11.5. The lowest BCUT2D eigenvalue weighted by molar-refractivity contribution is 0.0954. The second-order valence-electron chi connectivity index (χ2n) is 3.68. The van der Waals surface area contributed by atoms with Gasteiger partial charge in [-0.1, -0.05) is 0 Å². The fourth-order valence-corrected chi connectivity index (χ4v) is 1.41. The van der Waals surface area contributed by atoms with Crippen LogP contribution in [0.4, 0.5) is 0 Å². The largest absolute Gasteiger partial charge is 0.356 e. The quantitative estimate of drug-likeness (QED) is 0.744. The molecule has 0 bridgehead atoms. The van der Waals surface area contributed by atoms with E-state index in [1.165, 1.54) is 6.92 Å². The number of amides is 1. The van der Waals surface area contributed by atoms with Gasteiger partial charge in [-0.05, 0) is 13.0 Å². The van der Waals surface area contributed by atoms with E-state index < -0.39 is 15.3 Å². The molecule has 0 aliphatic rings. The number of hydrogen-bond acceptors (Lipinski definition) is 3. The lowest BCUT2D eigenvalue weighted by Gasteiger charge is -2.09. The molecule has 3 N–H and O–H groups in total. The number of rotatable bonds is 4. The van der Waals surface area contributed by atoms with Crippen LogP contribution in [0.1, 0.15) is 17.3 Å². The van der Waals surface area contributed by atoms with Crippen LogP contribution >= 0.6 is 0 Å². The Bertz CT molecular complexity index is 478. The molecule has 1 atom stereocenters. The summed E-state index contributed by atoms with van der Waals surface area (Å²) in [6.45, 7) is 1.45. The molecule has 7 heteroatoms. The Morgan fingerprint density at radius 3 is 2.69 bits per heavy atom. The Kier molecular flexibility index (Phi) is 3.71. The van der Waals surface area contributed by atoms with Crippen molar-refractivity contribution in [3.8, 4) is 0 Å². The molecule has 1 aromatic rings. The van der Waals surface area contributed by atoms with Crippen molar-refractivity contribution in [2.24, 2.45) is 12.2 Å². The van der Waals surface area contributed by atoms with E-state index in [0.29, 0.717) is 5.56 Å². The van der Waals surface area contributed by atoms with Crippen LogP contribution in [0.2, 0.25) is 0 Å². The molecule has 0 spiro atoms. The van der Waals surface area contributed by atoms with Crippen molar-refractivity contribution >= 4 is 15.9 Å². The maximum atomic E-state index is 11.5. The third-order valence-electron chi connectivity index (χ3n) is 2.21. The highest BCUT2D eigenvalue weighted by molar-refractivity contribution is 7.89. The summed E-state index contributed by atoms with van der Waals surface area (Å²) in [5.74, 6) is -0.309. The fraction of sp³-hybridized carbons (Fsp3) is 0.444. The van der Waals surface area contributed by atoms with Crippen LogP contribution < -0.4 is 10.5 Å². The summed E-state index contributed by atoms with van der Waals surface area (Å²) in [5, 5.41) is 6.64. The van der Waals surface area contributed by atoms with Gasteiger partial charge in [-0.2, -0.15) is 0 Å². The topological polar surface area (TPSA) is 94.2 Å². The summed E-state index contributed by atoms with van der Waals surface area (Å²) >= 11 is 0. The van der Waals surface area contributed by atoms with E-state index >= 15 is 0 Å². The van der Waals surface area contributed by atoms with Gasteiger partial charge in [0.05, 0.1) is 10.8 Å². The van der Waals surface area contributed by atoms with E-state index in [1.54, 1.807) is 30.1 Å². The van der Waals surface area contributed by atoms with Crippen molar-refractivity contribution in [1.29, 1.82) is 0 Å². The van der Waals surface area contributed by atoms with Crippen molar-refractivity contribution < 1.29 is 13.2 Å². The molecule has 0 aliphatic heterocycles. The zero-order valence-corrected chi connectivity index (χ0v) is 9.99. The average Bonchev–Trinajstić information content (AvgIpc) is 2.59. The predicted octanol–water partition coefficient (Wildman–Crippen LogP) is -0.568. The smallest absolute Gasteiger partial charge is 0.252 e. The molecule has 1 unspecified atom stereocenters. The Morgan fingerprint density at radius 2 is 2.25 bits per heavy atom. The van der Waals surface area contributed by atoms with Crippen molar-refractivity contribution in [1.82, 2.24) is 9.88 Å². The monoisotopic (exact) mass is 245 g/mol. The van der Waals surface area contributed by atoms with Gasteiger partial charge in [-0.25, -0.2) is 13.6 Å². The fourth-order valence-electron chi connectivity index (χ4n) is 1.09. The first-order valence-electron chi connectivity index (χ1n) is 4.72. The van der Waals surface area contributed by atoms with Crippen molar-refractivity contribution in [2.45, 2.75) is 12.2 Å². The summed E-state index contributed by atoms with van der Waals surface area (Å²) in [5.41, 5.74) is 0.490. The summed E-state index contributed by atoms with van der Waals surface area (Å²) in [6, 6.07) is 1.65. The third kappa shape index (κ3) is 3.35. The number of nitrogens with two attached hydrogens (primary N) is 1. The highest BCUT2D eigenvalue weighted by atomic mass is 32.2. The van der Waals surface area contributed by atoms with Crippen molar-refractivity contribution in [3.05, 3.63) is 24.0 Å². The normalized spacial score (nSPS) is 13.4. The average molecular weight is 245 g/mol. The van der Waals surface area contributed by atoms with E-state index in [-0.39, 0.29) is 12.5 Å². The molecule has 6 nitrogen and oxygen atoms in total. The number of aryl methyl sites for hydroxylation is 1. The molecule has 1 rings (SSSR count). The standard InChI is InChI=1S/C9H15N3O3S/c1-7(16(10,14)15)5-11-9(13)8-3-4-12(2)6-8/h3-4,6-7H,5H2,1-2H3,(H,11,13)(H2,10,14,15). The number of aromatic nitrogens is 1. The molecule has 1 aromatic heterocycles. The second kappa shape index (κ2) is 4.67. The van der Waals surface area contributed by atoms with Crippen molar-refractivity contribution in [2.75, 3.05) is 6.54 Å². The second-order valence-corrected chi connectivity index (χ2v) is 5.66. The molecule has 0 aliphatic carbocycles. The minimum Gasteiger partial charge on any atom is -0.356 e. The van der Waals surface area contributed by atoms with Crippen LogP contribution in [0.5, 0.6) is 0 Å². The third-order valence-corrected chi connectivity index (χ3v) is 3.49. The number of sulfonamides is 1. The van der Waals surface area contributed by atoms with Gasteiger partial charge >= 0.3 is 0 Å². The van der Waals surface area contributed by atoms with Crippen molar-refractivity contribution in [3.63, 3.8) is 0 Å².